The SMILES string of the molecule is CC(C)(C)C(=O)[O-].CC(C)(C)C(=O)[O-].[Co+2].c1cc(C2=NCCC2)nc(C2=NCCC2)c1. The molecule has 0 aliphatic carbocycles. The minimum Gasteiger partial charge on any atom is -0.550 e. The number of carboxylic acids is 2. The third-order valence-corrected chi connectivity index (χ3v) is 4.31. The Morgan fingerprint density at radius 3 is 1.32 bits per heavy atom. The number of aliphatic imine (C=N–C) groups is 2. The van der Waals surface area contributed by atoms with E-state index in [-0.39, 0.29) is 16.8 Å². The van der Waals surface area contributed by atoms with E-state index in [1.807, 2.05) is 0 Å². The second-order valence-electron chi connectivity index (χ2n) is 9.35. The Kier molecular flexibility index (Phi) is 11.9. The molecular weight excluding hydrogens is 441 g/mol. The van der Waals surface area contributed by atoms with Crippen LogP contribution in [0.25, 0.3) is 0 Å². The van der Waals surface area contributed by atoms with Gasteiger partial charge in [0, 0.05) is 35.9 Å². The molecule has 0 amide bonds. The topological polar surface area (TPSA) is 118 Å². The molecule has 7 nitrogen and oxygen atoms in total. The first kappa shape index (κ1) is 28.9. The molecule has 0 unspecified atom stereocenters. The molecule has 0 saturated heterocycles. The van der Waals surface area contributed by atoms with Crippen LogP contribution in [0.5, 0.6) is 0 Å². The molecule has 173 valence electrons. The number of rotatable bonds is 2. The zero-order valence-electron chi connectivity index (χ0n) is 19.3. The van der Waals surface area contributed by atoms with Gasteiger partial charge in [0.15, 0.2) is 0 Å². The number of aliphatic carboxylic acids is 2. The Morgan fingerprint density at radius 1 is 0.774 bits per heavy atom. The minimum atomic E-state index is -1.01. The second-order valence-corrected chi connectivity index (χ2v) is 9.35. The molecule has 1 aromatic rings. The molecule has 2 aliphatic heterocycles. The maximum atomic E-state index is 9.91. The Bertz CT molecular complexity index is 743. The standard InChI is InChI=1S/C13H15N3.2C5H10O2.Co/c1-4-12(10-6-2-8-14-10)16-13(5-1)11-7-3-9-15-11;2*1-5(2,3)4(6)7;/h1,4-5H,2-3,6-9H2;2*1-3H3,(H,6,7);/q;;;+2/p-2. The molecule has 0 aromatic carbocycles. The fourth-order valence-corrected chi connectivity index (χ4v) is 2.25. The number of nitrogens with zero attached hydrogens (tertiary/aromatic N) is 3. The fraction of sp³-hybridized carbons (Fsp3) is 0.609. The Hall–Kier alpha value is -2.06. The van der Waals surface area contributed by atoms with E-state index in [0.717, 1.165) is 37.3 Å². The van der Waals surface area contributed by atoms with Gasteiger partial charge in [0.1, 0.15) is 0 Å². The number of pyridine rings is 1. The number of carbonyl (C=O) groups excluding carboxylic acids is 2. The summed E-state index contributed by atoms with van der Waals surface area (Å²) in [4.78, 5) is 33.5. The molecule has 0 spiro atoms. The van der Waals surface area contributed by atoms with Gasteiger partial charge in [-0.2, -0.15) is 0 Å². The molecule has 3 rings (SSSR count). The van der Waals surface area contributed by atoms with Crippen molar-refractivity contribution in [1.29, 1.82) is 0 Å². The van der Waals surface area contributed by atoms with Crippen LogP contribution in [-0.2, 0) is 26.4 Å². The monoisotopic (exact) mass is 474 g/mol. The molecule has 0 fully saturated rings. The van der Waals surface area contributed by atoms with E-state index >= 15 is 0 Å². The summed E-state index contributed by atoms with van der Waals surface area (Å²) in [5.74, 6) is -2.01. The zero-order chi connectivity index (χ0) is 22.9. The molecule has 8 heteroatoms. The van der Waals surface area contributed by atoms with E-state index in [1.54, 1.807) is 41.5 Å². The van der Waals surface area contributed by atoms with Crippen molar-refractivity contribution in [3.8, 4) is 0 Å². The normalized spacial score (nSPS) is 15.3. The summed E-state index contributed by atoms with van der Waals surface area (Å²) in [6.45, 7) is 11.5. The predicted molar refractivity (Wildman–Crippen MR) is 114 cm³/mol. The van der Waals surface area contributed by atoms with E-state index in [2.05, 4.69) is 33.2 Å². The second kappa shape index (κ2) is 12.7. The van der Waals surface area contributed by atoms with Gasteiger partial charge < -0.3 is 19.8 Å². The molecular formula is C23H33CoN3O4. The number of carboxylic acid groups (broad SMARTS) is 2. The molecule has 0 bridgehead atoms. The fourth-order valence-electron chi connectivity index (χ4n) is 2.25. The molecule has 1 aromatic heterocycles. The Balaban J connectivity index is 0.000000510. The summed E-state index contributed by atoms with van der Waals surface area (Å²) in [5, 5.41) is 19.8. The van der Waals surface area contributed by atoms with Crippen LogP contribution in [0.3, 0.4) is 0 Å². The van der Waals surface area contributed by atoms with Gasteiger partial charge in [0.05, 0.1) is 22.8 Å². The Labute approximate surface area is 195 Å². The number of aromatic nitrogens is 1. The summed E-state index contributed by atoms with van der Waals surface area (Å²) in [6.07, 6.45) is 4.48. The van der Waals surface area contributed by atoms with Gasteiger partial charge >= 0.3 is 16.8 Å². The summed E-state index contributed by atoms with van der Waals surface area (Å²) in [7, 11) is 0. The van der Waals surface area contributed by atoms with Crippen LogP contribution < -0.4 is 10.2 Å². The smallest absolute Gasteiger partial charge is 0.550 e. The van der Waals surface area contributed by atoms with Gasteiger partial charge in [-0.1, -0.05) is 47.6 Å². The van der Waals surface area contributed by atoms with Gasteiger partial charge in [-0.25, -0.2) is 4.98 Å². The van der Waals surface area contributed by atoms with Crippen LogP contribution in [0.4, 0.5) is 0 Å². The van der Waals surface area contributed by atoms with Crippen LogP contribution in [0.2, 0.25) is 0 Å². The zero-order valence-corrected chi connectivity index (χ0v) is 20.3. The van der Waals surface area contributed by atoms with Gasteiger partial charge in [-0.05, 0) is 37.8 Å². The maximum absolute atomic E-state index is 9.91. The van der Waals surface area contributed by atoms with Crippen molar-refractivity contribution in [2.75, 3.05) is 13.1 Å². The number of hydrogen-bond donors (Lipinski definition) is 0. The van der Waals surface area contributed by atoms with E-state index in [1.165, 1.54) is 24.3 Å². The van der Waals surface area contributed by atoms with Crippen LogP contribution in [0.15, 0.2) is 28.2 Å². The molecule has 31 heavy (non-hydrogen) atoms. The third-order valence-electron chi connectivity index (χ3n) is 4.31. The van der Waals surface area contributed by atoms with Crippen LogP contribution in [-0.4, -0.2) is 41.4 Å². The molecule has 1 radical (unpaired) electrons. The van der Waals surface area contributed by atoms with E-state index in [9.17, 15) is 19.8 Å². The summed E-state index contributed by atoms with van der Waals surface area (Å²) in [6, 6.07) is 6.19. The van der Waals surface area contributed by atoms with Gasteiger partial charge in [-0.15, -0.1) is 0 Å². The first-order valence-electron chi connectivity index (χ1n) is 10.3. The summed E-state index contributed by atoms with van der Waals surface area (Å²) >= 11 is 0. The maximum Gasteiger partial charge on any atom is 2.00 e. The average Bonchev–Trinajstić information content (AvgIpc) is 3.35. The molecule has 0 N–H and O–H groups in total. The van der Waals surface area contributed by atoms with Crippen LogP contribution >= 0.6 is 0 Å². The van der Waals surface area contributed by atoms with Crippen molar-refractivity contribution in [3.63, 3.8) is 0 Å². The van der Waals surface area contributed by atoms with Crippen LogP contribution in [0, 0.1) is 10.8 Å². The van der Waals surface area contributed by atoms with Gasteiger partial charge in [-0.3, -0.25) is 9.98 Å². The van der Waals surface area contributed by atoms with E-state index < -0.39 is 22.8 Å². The first-order valence-corrected chi connectivity index (χ1v) is 10.3. The summed E-state index contributed by atoms with van der Waals surface area (Å²) in [5.41, 5.74) is 3.04. The van der Waals surface area contributed by atoms with E-state index in [4.69, 9.17) is 0 Å². The predicted octanol–water partition coefficient (Wildman–Crippen LogP) is 1.81. The van der Waals surface area contributed by atoms with Crippen molar-refractivity contribution in [1.82, 2.24) is 4.98 Å². The van der Waals surface area contributed by atoms with Gasteiger partial charge in [0.25, 0.3) is 0 Å². The van der Waals surface area contributed by atoms with Crippen molar-refractivity contribution in [2.45, 2.75) is 67.2 Å². The number of hydrogen-bond acceptors (Lipinski definition) is 7. The quantitative estimate of drug-likeness (QED) is 0.648. The van der Waals surface area contributed by atoms with Crippen molar-refractivity contribution >= 4 is 23.4 Å². The molecule has 2 aliphatic rings. The largest absolute Gasteiger partial charge is 2.00 e. The van der Waals surface area contributed by atoms with Crippen LogP contribution in [0.1, 0.15) is 78.6 Å². The summed E-state index contributed by atoms with van der Waals surface area (Å²) < 4.78 is 0. The minimum absolute atomic E-state index is 0. The molecule has 3 heterocycles. The molecule has 0 atom stereocenters. The average molecular weight is 474 g/mol. The van der Waals surface area contributed by atoms with E-state index in [0.29, 0.717) is 0 Å². The van der Waals surface area contributed by atoms with Gasteiger partial charge in [0.2, 0.25) is 0 Å². The first-order chi connectivity index (χ1) is 13.8. The van der Waals surface area contributed by atoms with Crippen molar-refractivity contribution in [3.05, 3.63) is 29.6 Å². The van der Waals surface area contributed by atoms with Crippen molar-refractivity contribution in [2.24, 2.45) is 20.8 Å². The molecule has 0 saturated carbocycles. The van der Waals surface area contributed by atoms with Crippen molar-refractivity contribution < 1.29 is 36.6 Å². The number of carbonyl (C=O) groups is 2. The Morgan fingerprint density at radius 2 is 1.10 bits per heavy atom. The third kappa shape index (κ3) is 10.7.